The van der Waals surface area contributed by atoms with E-state index in [1.807, 2.05) is 25.1 Å². The van der Waals surface area contributed by atoms with Crippen molar-refractivity contribution in [3.63, 3.8) is 0 Å². The maximum Gasteiger partial charge on any atom is 0.123 e. The van der Waals surface area contributed by atoms with Gasteiger partial charge in [0.15, 0.2) is 0 Å². The molecule has 0 saturated heterocycles. The van der Waals surface area contributed by atoms with Crippen molar-refractivity contribution in [2.45, 2.75) is 19.8 Å². The molecule has 2 nitrogen and oxygen atoms in total. The third kappa shape index (κ3) is 3.78. The highest BCUT2D eigenvalue weighted by atomic mass is 16.5. The summed E-state index contributed by atoms with van der Waals surface area (Å²) >= 11 is 0. The van der Waals surface area contributed by atoms with E-state index in [-0.39, 0.29) is 11.8 Å². The molecule has 1 aromatic carbocycles. The molecule has 0 bridgehead atoms. The summed E-state index contributed by atoms with van der Waals surface area (Å²) < 4.78 is 5.20. The monoisotopic (exact) mass is 220 g/mol. The maximum atomic E-state index is 11.0. The summed E-state index contributed by atoms with van der Waals surface area (Å²) in [4.78, 5) is 11.0. The first kappa shape index (κ1) is 12.9. The van der Waals surface area contributed by atoms with Crippen LogP contribution in [0.5, 0.6) is 0 Å². The van der Waals surface area contributed by atoms with Crippen molar-refractivity contribution in [3.8, 4) is 0 Å². The van der Waals surface area contributed by atoms with Gasteiger partial charge in [0.25, 0.3) is 0 Å². The minimum Gasteiger partial charge on any atom is -0.384 e. The Bertz CT molecular complexity index is 295. The standard InChI is InChI=1S/C14H20O2/c1-3-13(10-15)14(11-16-2)9-12-7-5-4-6-8-12/h4-8,10,13-14H,3,9,11H2,1-2H3. The molecule has 0 spiro atoms. The predicted octanol–water partition coefficient (Wildman–Crippen LogP) is 2.72. The van der Waals surface area contributed by atoms with Gasteiger partial charge in [0.2, 0.25) is 0 Å². The van der Waals surface area contributed by atoms with Crippen LogP contribution < -0.4 is 0 Å². The van der Waals surface area contributed by atoms with E-state index in [1.165, 1.54) is 5.56 Å². The Morgan fingerprint density at radius 2 is 2.00 bits per heavy atom. The van der Waals surface area contributed by atoms with Crippen LogP contribution in [0.15, 0.2) is 30.3 Å². The van der Waals surface area contributed by atoms with Crippen LogP contribution in [0.2, 0.25) is 0 Å². The van der Waals surface area contributed by atoms with Gasteiger partial charge in [-0.3, -0.25) is 0 Å². The van der Waals surface area contributed by atoms with Crippen LogP contribution in [0.3, 0.4) is 0 Å². The van der Waals surface area contributed by atoms with E-state index < -0.39 is 0 Å². The minimum atomic E-state index is 0.0974. The lowest BCUT2D eigenvalue weighted by Gasteiger charge is -2.21. The van der Waals surface area contributed by atoms with Crippen LogP contribution in [-0.2, 0) is 16.0 Å². The molecule has 0 fully saturated rings. The zero-order valence-corrected chi connectivity index (χ0v) is 10.1. The zero-order chi connectivity index (χ0) is 11.8. The summed E-state index contributed by atoms with van der Waals surface area (Å²) in [5, 5.41) is 0. The number of methoxy groups -OCH3 is 1. The van der Waals surface area contributed by atoms with E-state index in [1.54, 1.807) is 7.11 Å². The molecule has 2 unspecified atom stereocenters. The summed E-state index contributed by atoms with van der Waals surface area (Å²) in [5.41, 5.74) is 1.27. The molecule has 0 aliphatic carbocycles. The number of carbonyl (C=O) groups excluding carboxylic acids is 1. The van der Waals surface area contributed by atoms with Gasteiger partial charge < -0.3 is 9.53 Å². The average Bonchev–Trinajstić information content (AvgIpc) is 2.32. The number of carbonyl (C=O) groups is 1. The lowest BCUT2D eigenvalue weighted by molar-refractivity contribution is -0.113. The second kappa shape index (κ2) is 7.18. The molecule has 0 aromatic heterocycles. The van der Waals surface area contributed by atoms with E-state index in [2.05, 4.69) is 12.1 Å². The van der Waals surface area contributed by atoms with Gasteiger partial charge in [0.05, 0.1) is 0 Å². The fourth-order valence-electron chi connectivity index (χ4n) is 2.01. The van der Waals surface area contributed by atoms with Gasteiger partial charge in [-0.25, -0.2) is 0 Å². The molecule has 88 valence electrons. The topological polar surface area (TPSA) is 26.3 Å². The normalized spacial score (nSPS) is 14.4. The highest BCUT2D eigenvalue weighted by molar-refractivity contribution is 5.54. The molecule has 0 aliphatic heterocycles. The van der Waals surface area contributed by atoms with Crippen LogP contribution in [0.25, 0.3) is 0 Å². The fraction of sp³-hybridized carbons (Fsp3) is 0.500. The number of aldehydes is 1. The average molecular weight is 220 g/mol. The van der Waals surface area contributed by atoms with Crippen LogP contribution in [0.4, 0.5) is 0 Å². The van der Waals surface area contributed by atoms with Crippen molar-refractivity contribution in [1.82, 2.24) is 0 Å². The van der Waals surface area contributed by atoms with Gasteiger partial charge in [-0.05, 0) is 24.3 Å². The Hall–Kier alpha value is -1.15. The van der Waals surface area contributed by atoms with Crippen LogP contribution in [0, 0.1) is 11.8 Å². The molecule has 0 heterocycles. The molecule has 16 heavy (non-hydrogen) atoms. The highest BCUT2D eigenvalue weighted by Gasteiger charge is 2.19. The highest BCUT2D eigenvalue weighted by Crippen LogP contribution is 2.19. The summed E-state index contributed by atoms with van der Waals surface area (Å²) in [6.07, 6.45) is 2.85. The summed E-state index contributed by atoms with van der Waals surface area (Å²) in [7, 11) is 1.69. The predicted molar refractivity (Wildman–Crippen MR) is 65.4 cm³/mol. The first-order valence-corrected chi connectivity index (χ1v) is 5.80. The Labute approximate surface area is 97.6 Å². The Balaban J connectivity index is 2.67. The Kier molecular flexibility index (Phi) is 5.79. The first-order chi connectivity index (χ1) is 7.81. The fourth-order valence-corrected chi connectivity index (χ4v) is 2.01. The number of ether oxygens (including phenoxy) is 1. The summed E-state index contributed by atoms with van der Waals surface area (Å²) in [5.74, 6) is 0.384. The second-order valence-corrected chi connectivity index (χ2v) is 4.11. The summed E-state index contributed by atoms with van der Waals surface area (Å²) in [6.45, 7) is 2.69. The molecule has 0 radical (unpaired) electrons. The van der Waals surface area contributed by atoms with Crippen LogP contribution in [-0.4, -0.2) is 20.0 Å². The van der Waals surface area contributed by atoms with E-state index >= 15 is 0 Å². The van der Waals surface area contributed by atoms with Gasteiger partial charge in [0, 0.05) is 19.6 Å². The zero-order valence-electron chi connectivity index (χ0n) is 10.1. The molecular formula is C14H20O2. The van der Waals surface area contributed by atoms with Crippen LogP contribution in [0.1, 0.15) is 18.9 Å². The van der Waals surface area contributed by atoms with E-state index in [0.29, 0.717) is 6.61 Å². The van der Waals surface area contributed by atoms with Gasteiger partial charge in [-0.1, -0.05) is 37.3 Å². The van der Waals surface area contributed by atoms with Crippen molar-refractivity contribution in [2.24, 2.45) is 11.8 Å². The van der Waals surface area contributed by atoms with Crippen LogP contribution >= 0.6 is 0 Å². The SMILES string of the molecule is CCC(C=O)C(COC)Cc1ccccc1. The van der Waals surface area contributed by atoms with Gasteiger partial charge in [-0.15, -0.1) is 0 Å². The van der Waals surface area contributed by atoms with Gasteiger partial charge in [0.1, 0.15) is 6.29 Å². The van der Waals surface area contributed by atoms with Crippen molar-refractivity contribution < 1.29 is 9.53 Å². The molecule has 0 N–H and O–H groups in total. The molecule has 2 atom stereocenters. The first-order valence-electron chi connectivity index (χ1n) is 5.80. The lowest BCUT2D eigenvalue weighted by Crippen LogP contribution is -2.22. The van der Waals surface area contributed by atoms with Crippen molar-refractivity contribution >= 4 is 6.29 Å². The molecule has 0 amide bonds. The van der Waals surface area contributed by atoms with Crippen molar-refractivity contribution in [1.29, 1.82) is 0 Å². The van der Waals surface area contributed by atoms with Crippen molar-refractivity contribution in [2.75, 3.05) is 13.7 Å². The number of hydrogen-bond acceptors (Lipinski definition) is 2. The number of rotatable bonds is 7. The minimum absolute atomic E-state index is 0.0974. The lowest BCUT2D eigenvalue weighted by atomic mass is 9.86. The number of hydrogen-bond donors (Lipinski definition) is 0. The molecule has 1 aromatic rings. The molecule has 0 saturated carbocycles. The third-order valence-corrected chi connectivity index (χ3v) is 2.97. The smallest absolute Gasteiger partial charge is 0.123 e. The quantitative estimate of drug-likeness (QED) is 0.660. The second-order valence-electron chi connectivity index (χ2n) is 4.11. The third-order valence-electron chi connectivity index (χ3n) is 2.97. The summed E-state index contributed by atoms with van der Waals surface area (Å²) in [6, 6.07) is 10.3. The molecule has 0 aliphatic rings. The largest absolute Gasteiger partial charge is 0.384 e. The van der Waals surface area contributed by atoms with Gasteiger partial charge >= 0.3 is 0 Å². The van der Waals surface area contributed by atoms with E-state index in [0.717, 1.165) is 19.1 Å². The molecule has 1 rings (SSSR count). The number of benzene rings is 1. The molecule has 2 heteroatoms. The Morgan fingerprint density at radius 1 is 1.31 bits per heavy atom. The maximum absolute atomic E-state index is 11.0. The Morgan fingerprint density at radius 3 is 2.50 bits per heavy atom. The molecular weight excluding hydrogens is 200 g/mol. The van der Waals surface area contributed by atoms with E-state index in [4.69, 9.17) is 4.74 Å². The van der Waals surface area contributed by atoms with Crippen molar-refractivity contribution in [3.05, 3.63) is 35.9 Å². The van der Waals surface area contributed by atoms with E-state index in [9.17, 15) is 4.79 Å². The van der Waals surface area contributed by atoms with Gasteiger partial charge in [-0.2, -0.15) is 0 Å².